The van der Waals surface area contributed by atoms with Crippen molar-refractivity contribution in [1.29, 1.82) is 5.26 Å². The molecule has 1 heterocycles. The molecule has 30 heavy (non-hydrogen) atoms. The van der Waals surface area contributed by atoms with Gasteiger partial charge < -0.3 is 11.1 Å². The van der Waals surface area contributed by atoms with Gasteiger partial charge in [-0.15, -0.1) is 0 Å². The largest absolute Gasteiger partial charge is 0.393 e. The molecule has 8 heteroatoms. The molecule has 0 spiro atoms. The first-order valence-electron chi connectivity index (χ1n) is 9.33. The quantitative estimate of drug-likeness (QED) is 0.638. The number of benzene rings is 2. The van der Waals surface area contributed by atoms with Gasteiger partial charge in [0.05, 0.1) is 16.7 Å². The number of nitrogens with one attached hydrogen (secondary N) is 2. The molecular weight excluding hydrogens is 420 g/mol. The lowest BCUT2D eigenvalue weighted by molar-refractivity contribution is -0.119. The van der Waals surface area contributed by atoms with Gasteiger partial charge in [0.2, 0.25) is 5.91 Å². The predicted molar refractivity (Wildman–Crippen MR) is 120 cm³/mol. The number of nitriles is 1. The minimum atomic E-state index is -0.727. The second-order valence-electron chi connectivity index (χ2n) is 7.18. The normalized spacial score (nSPS) is 18.2. The van der Waals surface area contributed by atoms with E-state index in [1.807, 2.05) is 24.3 Å². The zero-order valence-electron chi connectivity index (χ0n) is 16.5. The summed E-state index contributed by atoms with van der Waals surface area (Å²) in [4.78, 5) is 25.1. The number of imide groups is 1. The first kappa shape index (κ1) is 21.8. The Morgan fingerprint density at radius 1 is 1.20 bits per heavy atom. The summed E-state index contributed by atoms with van der Waals surface area (Å²) in [6.45, 7) is 4.18. The maximum atomic E-state index is 12.9. The van der Waals surface area contributed by atoms with Crippen molar-refractivity contribution in [3.05, 3.63) is 75.3 Å². The van der Waals surface area contributed by atoms with Crippen molar-refractivity contribution in [1.82, 2.24) is 5.32 Å². The van der Waals surface area contributed by atoms with Crippen LogP contribution in [0.5, 0.6) is 0 Å². The Morgan fingerprint density at radius 2 is 1.90 bits per heavy atom. The minimum absolute atomic E-state index is 0.297. The van der Waals surface area contributed by atoms with E-state index in [9.17, 15) is 14.9 Å². The lowest BCUT2D eigenvalue weighted by Gasteiger charge is -2.20. The van der Waals surface area contributed by atoms with Crippen LogP contribution in [-0.4, -0.2) is 17.2 Å². The molecule has 4 N–H and O–H groups in total. The summed E-state index contributed by atoms with van der Waals surface area (Å²) in [5.74, 6) is -0.687. The Balaban J connectivity index is 1.78. The molecule has 2 atom stereocenters. The molecule has 2 aromatic carbocycles. The Labute approximate surface area is 184 Å². The van der Waals surface area contributed by atoms with Crippen molar-refractivity contribution in [2.75, 3.05) is 5.32 Å². The van der Waals surface area contributed by atoms with Crippen LogP contribution >= 0.6 is 23.4 Å². The molecular formula is C22H21ClN4O2S. The highest BCUT2D eigenvalue weighted by Crippen LogP contribution is 2.45. The third-order valence-electron chi connectivity index (χ3n) is 4.79. The number of nitrogens with zero attached hydrogens (tertiary/aromatic N) is 1. The van der Waals surface area contributed by atoms with Crippen LogP contribution < -0.4 is 16.4 Å². The fourth-order valence-corrected chi connectivity index (χ4v) is 4.60. The van der Waals surface area contributed by atoms with Crippen LogP contribution in [0, 0.1) is 11.3 Å². The molecule has 0 aliphatic carbocycles. The molecule has 0 aromatic heterocycles. The fourth-order valence-electron chi connectivity index (χ4n) is 3.24. The van der Waals surface area contributed by atoms with Crippen molar-refractivity contribution in [2.45, 2.75) is 30.9 Å². The molecule has 6 nitrogen and oxygen atoms in total. The Hall–Kier alpha value is -2.95. The van der Waals surface area contributed by atoms with Crippen LogP contribution in [-0.2, 0) is 4.79 Å². The zero-order valence-corrected chi connectivity index (χ0v) is 18.1. The molecule has 3 rings (SSSR count). The molecule has 0 fully saturated rings. The lowest BCUT2D eigenvalue weighted by Crippen LogP contribution is -2.41. The summed E-state index contributed by atoms with van der Waals surface area (Å²) in [6, 6.07) is 15.8. The Bertz CT molecular complexity index is 1040. The second-order valence-corrected chi connectivity index (χ2v) is 8.80. The van der Waals surface area contributed by atoms with Crippen LogP contribution in [0.25, 0.3) is 0 Å². The van der Waals surface area contributed by atoms with Crippen LogP contribution in [0.4, 0.5) is 10.5 Å². The summed E-state index contributed by atoms with van der Waals surface area (Å²) in [5, 5.41) is 14.5. The van der Waals surface area contributed by atoms with E-state index in [0.717, 1.165) is 22.9 Å². The van der Waals surface area contributed by atoms with Gasteiger partial charge >= 0.3 is 6.03 Å². The maximum Gasteiger partial charge on any atom is 0.325 e. The van der Waals surface area contributed by atoms with Gasteiger partial charge in [-0.05, 0) is 35.2 Å². The summed E-state index contributed by atoms with van der Waals surface area (Å²) in [7, 11) is 0. The maximum absolute atomic E-state index is 12.9. The molecule has 0 saturated heterocycles. The molecule has 1 aliphatic heterocycles. The van der Waals surface area contributed by atoms with Gasteiger partial charge in [0, 0.05) is 16.6 Å². The number of amides is 3. The number of rotatable bonds is 4. The highest BCUT2D eigenvalue weighted by atomic mass is 35.5. The van der Waals surface area contributed by atoms with E-state index in [1.54, 1.807) is 24.3 Å². The average molecular weight is 441 g/mol. The number of carbonyl (C=O) groups is 2. The van der Waals surface area contributed by atoms with Gasteiger partial charge in [0.25, 0.3) is 0 Å². The van der Waals surface area contributed by atoms with E-state index in [0.29, 0.717) is 27.2 Å². The Kier molecular flexibility index (Phi) is 6.70. The van der Waals surface area contributed by atoms with E-state index in [2.05, 4.69) is 30.6 Å². The Morgan fingerprint density at radius 3 is 2.50 bits per heavy atom. The molecule has 2 unspecified atom stereocenters. The monoisotopic (exact) mass is 440 g/mol. The molecule has 0 bridgehead atoms. The summed E-state index contributed by atoms with van der Waals surface area (Å²) in [6.07, 6.45) is 0. The average Bonchev–Trinajstić information content (AvgIpc) is 3.04. The molecule has 0 saturated carbocycles. The van der Waals surface area contributed by atoms with E-state index >= 15 is 0 Å². The van der Waals surface area contributed by atoms with Gasteiger partial charge in [-0.1, -0.05) is 67.5 Å². The van der Waals surface area contributed by atoms with Crippen LogP contribution in [0.15, 0.2) is 59.1 Å². The van der Waals surface area contributed by atoms with Crippen molar-refractivity contribution in [3.8, 4) is 6.07 Å². The molecule has 3 amide bonds. The number of hydrogen-bond acceptors (Lipinski definition) is 5. The van der Waals surface area contributed by atoms with Crippen LogP contribution in [0.2, 0.25) is 5.02 Å². The van der Waals surface area contributed by atoms with Gasteiger partial charge in [-0.25, -0.2) is 4.79 Å². The van der Waals surface area contributed by atoms with Gasteiger partial charge in [0.15, 0.2) is 0 Å². The minimum Gasteiger partial charge on any atom is -0.393 e. The third-order valence-corrected chi connectivity index (χ3v) is 6.24. The van der Waals surface area contributed by atoms with Crippen LogP contribution in [0.3, 0.4) is 0 Å². The summed E-state index contributed by atoms with van der Waals surface area (Å²) >= 11 is 7.00. The van der Waals surface area contributed by atoms with Gasteiger partial charge in [-0.3, -0.25) is 10.1 Å². The number of halogens is 1. The number of hydrogen-bond donors (Lipinski definition) is 3. The van der Waals surface area contributed by atoms with Crippen LogP contribution in [0.1, 0.15) is 36.8 Å². The highest BCUT2D eigenvalue weighted by molar-refractivity contribution is 8.04. The summed E-state index contributed by atoms with van der Waals surface area (Å²) in [5.41, 5.74) is 8.78. The highest BCUT2D eigenvalue weighted by Gasteiger charge is 2.41. The SMILES string of the molecule is CC(C)c1ccc(C2C(C#N)=C(N)SC2C(=O)NC(=O)Nc2cccc(Cl)c2)cc1. The summed E-state index contributed by atoms with van der Waals surface area (Å²) < 4.78 is 0. The second kappa shape index (κ2) is 9.24. The number of allylic oxidation sites excluding steroid dienone is 1. The van der Waals surface area contributed by atoms with Crippen molar-refractivity contribution in [3.63, 3.8) is 0 Å². The topological polar surface area (TPSA) is 108 Å². The van der Waals surface area contributed by atoms with Gasteiger partial charge in [-0.2, -0.15) is 5.26 Å². The number of urea groups is 1. The molecule has 154 valence electrons. The molecule has 1 aliphatic rings. The number of anilines is 1. The van der Waals surface area contributed by atoms with Crippen molar-refractivity contribution < 1.29 is 9.59 Å². The first-order chi connectivity index (χ1) is 14.3. The number of thioether (sulfide) groups is 1. The third kappa shape index (κ3) is 4.78. The number of nitrogens with two attached hydrogens (primary N) is 1. The van der Waals surface area contributed by atoms with E-state index in [4.69, 9.17) is 17.3 Å². The van der Waals surface area contributed by atoms with E-state index in [-0.39, 0.29) is 0 Å². The van der Waals surface area contributed by atoms with E-state index < -0.39 is 23.1 Å². The van der Waals surface area contributed by atoms with Crippen molar-refractivity contribution in [2.24, 2.45) is 5.73 Å². The standard InChI is InChI=1S/C22H21ClN4O2S/c1-12(2)13-6-8-14(9-7-13)18-17(11-24)20(25)30-19(18)21(28)27-22(29)26-16-5-3-4-15(23)10-16/h3-10,12,18-19H,25H2,1-2H3,(H2,26,27,28,29). The molecule has 2 aromatic rings. The predicted octanol–water partition coefficient (Wildman–Crippen LogP) is 4.70. The lowest BCUT2D eigenvalue weighted by atomic mass is 9.87. The fraction of sp³-hybridized carbons (Fsp3) is 0.227. The van der Waals surface area contributed by atoms with E-state index in [1.165, 1.54) is 0 Å². The van der Waals surface area contributed by atoms with Crippen molar-refractivity contribution >= 4 is 41.0 Å². The molecule has 0 radical (unpaired) electrons. The smallest absolute Gasteiger partial charge is 0.325 e. The van der Waals surface area contributed by atoms with Gasteiger partial charge in [0.1, 0.15) is 5.25 Å². The zero-order chi connectivity index (χ0) is 21.8. The number of carbonyl (C=O) groups excluding carboxylic acids is 2. The first-order valence-corrected chi connectivity index (χ1v) is 10.6.